The van der Waals surface area contributed by atoms with Crippen molar-refractivity contribution in [2.24, 2.45) is 5.92 Å². The van der Waals surface area contributed by atoms with Crippen LogP contribution < -0.4 is 9.62 Å². The molecule has 0 aliphatic rings. The Labute approximate surface area is 245 Å². The van der Waals surface area contributed by atoms with Crippen molar-refractivity contribution in [3.63, 3.8) is 0 Å². The third-order valence-corrected chi connectivity index (χ3v) is 8.85. The average Bonchev–Trinajstić information content (AvgIpc) is 2.95. The standard InChI is InChI=1S/C33H43N3O4S/c1-7-28-11-9-10-12-31(28)36(41(39,40)29-19-15-26(6)16-20-29)23-32(37)35(22-27-17-13-25(5)14-18-27)30(8-2)33(38)34-21-24(3)4/h9-20,24,30H,7-8,21-23H2,1-6H3,(H,34,38)/t30-/m0/s1. The second-order valence-corrected chi connectivity index (χ2v) is 12.7. The molecule has 0 saturated heterocycles. The SMILES string of the molecule is CCc1ccccc1N(CC(=O)N(Cc1ccc(C)cc1)[C@@H](CC)C(=O)NCC(C)C)S(=O)(=O)c1ccc(C)cc1. The zero-order chi connectivity index (χ0) is 30.2. The summed E-state index contributed by atoms with van der Waals surface area (Å²) in [7, 11) is -4.10. The number of carbonyl (C=O) groups excluding carboxylic acids is 2. The summed E-state index contributed by atoms with van der Waals surface area (Å²) in [6.07, 6.45) is 0.977. The molecule has 0 heterocycles. The highest BCUT2D eigenvalue weighted by Gasteiger charge is 2.34. The van der Waals surface area contributed by atoms with Crippen molar-refractivity contribution in [2.75, 3.05) is 17.4 Å². The fourth-order valence-corrected chi connectivity index (χ4v) is 6.09. The van der Waals surface area contributed by atoms with Gasteiger partial charge in [-0.15, -0.1) is 0 Å². The van der Waals surface area contributed by atoms with E-state index in [2.05, 4.69) is 5.32 Å². The average molecular weight is 578 g/mol. The number of nitrogens with zero attached hydrogens (tertiary/aromatic N) is 2. The zero-order valence-electron chi connectivity index (χ0n) is 25.1. The number of aryl methyl sites for hydroxylation is 3. The molecule has 0 aliphatic carbocycles. The minimum absolute atomic E-state index is 0.105. The van der Waals surface area contributed by atoms with Crippen molar-refractivity contribution in [3.05, 3.63) is 95.1 Å². The minimum Gasteiger partial charge on any atom is -0.354 e. The number of sulfonamides is 1. The van der Waals surface area contributed by atoms with Crippen LogP contribution in [0.4, 0.5) is 5.69 Å². The Kier molecular flexibility index (Phi) is 11.1. The summed E-state index contributed by atoms with van der Waals surface area (Å²) in [5.41, 5.74) is 4.14. The van der Waals surface area contributed by atoms with Crippen LogP contribution >= 0.6 is 0 Å². The Morgan fingerprint density at radius 2 is 1.44 bits per heavy atom. The summed E-state index contributed by atoms with van der Waals surface area (Å²) in [4.78, 5) is 29.2. The molecular weight excluding hydrogens is 534 g/mol. The lowest BCUT2D eigenvalue weighted by atomic mass is 10.1. The summed E-state index contributed by atoms with van der Waals surface area (Å²) in [5.74, 6) is -0.444. The molecule has 0 bridgehead atoms. The number of hydrogen-bond acceptors (Lipinski definition) is 4. The molecule has 0 saturated carbocycles. The van der Waals surface area contributed by atoms with Crippen LogP contribution in [0.3, 0.4) is 0 Å². The van der Waals surface area contributed by atoms with E-state index in [-0.39, 0.29) is 23.3 Å². The molecule has 1 N–H and O–H groups in total. The Morgan fingerprint density at radius 3 is 2.00 bits per heavy atom. The van der Waals surface area contributed by atoms with Gasteiger partial charge in [0.1, 0.15) is 12.6 Å². The van der Waals surface area contributed by atoms with E-state index in [1.54, 1.807) is 36.4 Å². The molecule has 0 aromatic heterocycles. The lowest BCUT2D eigenvalue weighted by molar-refractivity contribution is -0.140. The van der Waals surface area contributed by atoms with E-state index < -0.39 is 28.5 Å². The van der Waals surface area contributed by atoms with Crippen molar-refractivity contribution < 1.29 is 18.0 Å². The normalized spacial score (nSPS) is 12.2. The molecule has 41 heavy (non-hydrogen) atoms. The van der Waals surface area contributed by atoms with Gasteiger partial charge in [-0.2, -0.15) is 0 Å². The Morgan fingerprint density at radius 1 is 0.854 bits per heavy atom. The van der Waals surface area contributed by atoms with Crippen molar-refractivity contribution in [1.82, 2.24) is 10.2 Å². The first kappa shape index (κ1) is 31.9. The highest BCUT2D eigenvalue weighted by molar-refractivity contribution is 7.92. The quantitative estimate of drug-likeness (QED) is 0.285. The minimum atomic E-state index is -4.10. The van der Waals surface area contributed by atoms with E-state index in [4.69, 9.17) is 0 Å². The molecule has 0 unspecified atom stereocenters. The largest absolute Gasteiger partial charge is 0.354 e. The molecule has 7 nitrogen and oxygen atoms in total. The molecule has 8 heteroatoms. The number of hydrogen-bond donors (Lipinski definition) is 1. The van der Waals surface area contributed by atoms with E-state index >= 15 is 0 Å². The van der Waals surface area contributed by atoms with Crippen molar-refractivity contribution in [1.29, 1.82) is 0 Å². The number of amides is 2. The molecule has 0 fully saturated rings. The van der Waals surface area contributed by atoms with E-state index in [9.17, 15) is 18.0 Å². The molecular formula is C33H43N3O4S. The smallest absolute Gasteiger partial charge is 0.264 e. The van der Waals surface area contributed by atoms with Gasteiger partial charge in [-0.3, -0.25) is 13.9 Å². The van der Waals surface area contributed by atoms with E-state index in [1.807, 2.05) is 77.9 Å². The molecule has 1 atom stereocenters. The van der Waals surface area contributed by atoms with Crippen LogP contribution in [0.5, 0.6) is 0 Å². The predicted molar refractivity (Wildman–Crippen MR) is 165 cm³/mol. The third kappa shape index (κ3) is 8.19. The van der Waals surface area contributed by atoms with Gasteiger partial charge in [-0.1, -0.05) is 93.4 Å². The van der Waals surface area contributed by atoms with Gasteiger partial charge in [-0.25, -0.2) is 8.42 Å². The number of anilines is 1. The molecule has 220 valence electrons. The van der Waals surface area contributed by atoms with Gasteiger partial charge in [0, 0.05) is 13.1 Å². The van der Waals surface area contributed by atoms with Gasteiger partial charge in [0.05, 0.1) is 10.6 Å². The Bertz CT molecular complexity index is 1420. The number of carbonyl (C=O) groups is 2. The van der Waals surface area contributed by atoms with E-state index in [1.165, 1.54) is 9.21 Å². The van der Waals surface area contributed by atoms with Crippen LogP contribution in [0.15, 0.2) is 77.7 Å². The van der Waals surface area contributed by atoms with Crippen molar-refractivity contribution in [2.45, 2.75) is 71.9 Å². The number of para-hydroxylation sites is 1. The first-order chi connectivity index (χ1) is 19.5. The van der Waals surface area contributed by atoms with Crippen LogP contribution in [-0.2, 0) is 32.6 Å². The van der Waals surface area contributed by atoms with Crippen LogP contribution in [0.25, 0.3) is 0 Å². The molecule has 2 amide bonds. The van der Waals surface area contributed by atoms with Crippen LogP contribution in [0.1, 0.15) is 56.4 Å². The monoisotopic (exact) mass is 577 g/mol. The summed E-state index contributed by atoms with van der Waals surface area (Å²) in [6.45, 7) is 11.9. The predicted octanol–water partition coefficient (Wildman–Crippen LogP) is 5.64. The molecule has 3 aromatic rings. The highest BCUT2D eigenvalue weighted by Crippen LogP contribution is 2.28. The topological polar surface area (TPSA) is 86.8 Å². The molecule has 3 aromatic carbocycles. The van der Waals surface area contributed by atoms with Gasteiger partial charge in [0.25, 0.3) is 10.0 Å². The Balaban J connectivity index is 2.08. The van der Waals surface area contributed by atoms with Gasteiger partial charge in [0.15, 0.2) is 0 Å². The van der Waals surface area contributed by atoms with Crippen molar-refractivity contribution in [3.8, 4) is 0 Å². The molecule has 3 rings (SSSR count). The molecule has 0 aliphatic heterocycles. The number of nitrogens with one attached hydrogen (secondary N) is 1. The van der Waals surface area contributed by atoms with Gasteiger partial charge in [0.2, 0.25) is 11.8 Å². The maximum Gasteiger partial charge on any atom is 0.264 e. The van der Waals surface area contributed by atoms with Crippen LogP contribution in [-0.4, -0.2) is 44.3 Å². The second-order valence-electron chi connectivity index (χ2n) is 10.9. The van der Waals surface area contributed by atoms with Gasteiger partial charge in [-0.05, 0) is 61.9 Å². The van der Waals surface area contributed by atoms with E-state index in [0.717, 1.165) is 22.3 Å². The summed E-state index contributed by atoms with van der Waals surface area (Å²) in [6, 6.07) is 20.9. The fourth-order valence-electron chi connectivity index (χ4n) is 4.64. The Hall–Kier alpha value is -3.65. The lowest BCUT2D eigenvalue weighted by Crippen LogP contribution is -2.52. The first-order valence-corrected chi connectivity index (χ1v) is 15.7. The maximum atomic E-state index is 14.2. The summed E-state index contributed by atoms with van der Waals surface area (Å²) < 4.78 is 29.4. The van der Waals surface area contributed by atoms with Gasteiger partial charge < -0.3 is 10.2 Å². The highest BCUT2D eigenvalue weighted by atomic mass is 32.2. The van der Waals surface area contributed by atoms with E-state index in [0.29, 0.717) is 25.1 Å². The van der Waals surface area contributed by atoms with Gasteiger partial charge >= 0.3 is 0 Å². The van der Waals surface area contributed by atoms with Crippen LogP contribution in [0.2, 0.25) is 0 Å². The lowest BCUT2D eigenvalue weighted by Gasteiger charge is -2.34. The third-order valence-electron chi connectivity index (χ3n) is 7.07. The summed E-state index contributed by atoms with van der Waals surface area (Å²) >= 11 is 0. The number of rotatable bonds is 13. The zero-order valence-corrected chi connectivity index (χ0v) is 25.9. The number of benzene rings is 3. The molecule has 0 spiro atoms. The first-order valence-electron chi connectivity index (χ1n) is 14.3. The van der Waals surface area contributed by atoms with Crippen molar-refractivity contribution >= 4 is 27.5 Å². The maximum absolute atomic E-state index is 14.2. The molecule has 0 radical (unpaired) electrons. The van der Waals surface area contributed by atoms with Crippen LogP contribution in [0, 0.1) is 19.8 Å². The summed E-state index contributed by atoms with van der Waals surface area (Å²) in [5, 5.41) is 2.96. The second kappa shape index (κ2) is 14.3. The fraction of sp³-hybridized carbons (Fsp3) is 0.394.